The van der Waals surface area contributed by atoms with Gasteiger partial charge in [0.05, 0.1) is 6.20 Å². The highest BCUT2D eigenvalue weighted by Crippen LogP contribution is 2.25. The summed E-state index contributed by atoms with van der Waals surface area (Å²) >= 11 is 0. The second-order valence-electron chi connectivity index (χ2n) is 5.24. The molecule has 5 heteroatoms. The quantitative estimate of drug-likeness (QED) is 0.842. The molecule has 5 nitrogen and oxygen atoms in total. The zero-order valence-electron chi connectivity index (χ0n) is 11.2. The third kappa shape index (κ3) is 2.75. The van der Waals surface area contributed by atoms with Gasteiger partial charge in [-0.05, 0) is 37.3 Å². The number of nitrogens with zero attached hydrogens (tertiary/aromatic N) is 5. The van der Waals surface area contributed by atoms with E-state index >= 15 is 0 Å². The molecule has 0 aromatic carbocycles. The molecule has 0 bridgehead atoms. The molecule has 3 rings (SSSR count). The van der Waals surface area contributed by atoms with E-state index in [0.29, 0.717) is 5.92 Å². The lowest BCUT2D eigenvalue weighted by Crippen LogP contribution is -2.37. The van der Waals surface area contributed by atoms with Gasteiger partial charge in [-0.1, -0.05) is 5.21 Å². The Bertz CT molecular complexity index is 522. The van der Waals surface area contributed by atoms with Crippen molar-refractivity contribution >= 4 is 5.69 Å². The van der Waals surface area contributed by atoms with Crippen LogP contribution in [0.2, 0.25) is 0 Å². The summed E-state index contributed by atoms with van der Waals surface area (Å²) in [5.41, 5.74) is 2.57. The van der Waals surface area contributed by atoms with Crippen LogP contribution >= 0.6 is 0 Å². The van der Waals surface area contributed by atoms with Gasteiger partial charge in [0.1, 0.15) is 0 Å². The molecule has 0 N–H and O–H groups in total. The number of pyridine rings is 1. The van der Waals surface area contributed by atoms with Crippen LogP contribution in [-0.4, -0.2) is 33.1 Å². The van der Waals surface area contributed by atoms with Crippen LogP contribution in [0, 0.1) is 12.8 Å². The minimum absolute atomic E-state index is 0.642. The normalized spacial score (nSPS) is 19.6. The number of hydrogen-bond acceptors (Lipinski definition) is 4. The zero-order valence-corrected chi connectivity index (χ0v) is 11.2. The second kappa shape index (κ2) is 5.38. The standard InChI is InChI=1S/C14H19N5/c1-12-9-15-5-4-14(12)18-7-2-3-13(10-18)11-19-8-6-16-17-19/h4-6,8-9,13H,2-3,7,10-11H2,1H3. The lowest BCUT2D eigenvalue weighted by atomic mass is 9.97. The predicted octanol–water partition coefficient (Wildman–Crippen LogP) is 1.90. The van der Waals surface area contributed by atoms with E-state index in [1.807, 2.05) is 23.3 Å². The molecule has 0 spiro atoms. The van der Waals surface area contributed by atoms with E-state index < -0.39 is 0 Å². The molecule has 1 unspecified atom stereocenters. The smallest absolute Gasteiger partial charge is 0.0692 e. The van der Waals surface area contributed by atoms with Gasteiger partial charge >= 0.3 is 0 Å². The SMILES string of the molecule is Cc1cnccc1N1CCCC(Cn2ccnn2)C1. The number of piperidine rings is 1. The van der Waals surface area contributed by atoms with Crippen LogP contribution in [-0.2, 0) is 6.54 Å². The molecule has 19 heavy (non-hydrogen) atoms. The van der Waals surface area contributed by atoms with Crippen LogP contribution in [0.4, 0.5) is 5.69 Å². The van der Waals surface area contributed by atoms with Gasteiger partial charge in [0.25, 0.3) is 0 Å². The van der Waals surface area contributed by atoms with Crippen molar-refractivity contribution in [2.45, 2.75) is 26.3 Å². The lowest BCUT2D eigenvalue weighted by Gasteiger charge is -2.35. The Balaban J connectivity index is 1.70. The van der Waals surface area contributed by atoms with Crippen molar-refractivity contribution in [3.05, 3.63) is 36.4 Å². The van der Waals surface area contributed by atoms with E-state index in [2.05, 4.69) is 33.2 Å². The molecule has 2 aromatic heterocycles. The molecule has 0 amide bonds. The topological polar surface area (TPSA) is 46.8 Å². The lowest BCUT2D eigenvalue weighted by molar-refractivity contribution is 0.348. The van der Waals surface area contributed by atoms with Gasteiger partial charge in [-0.15, -0.1) is 5.10 Å². The van der Waals surface area contributed by atoms with E-state index in [-0.39, 0.29) is 0 Å². The van der Waals surface area contributed by atoms with E-state index in [9.17, 15) is 0 Å². The first-order valence-electron chi connectivity index (χ1n) is 6.82. The Kier molecular flexibility index (Phi) is 3.44. The van der Waals surface area contributed by atoms with Gasteiger partial charge in [0.15, 0.2) is 0 Å². The average molecular weight is 257 g/mol. The maximum Gasteiger partial charge on any atom is 0.0692 e. The third-order valence-electron chi connectivity index (χ3n) is 3.77. The minimum Gasteiger partial charge on any atom is -0.371 e. The van der Waals surface area contributed by atoms with Gasteiger partial charge in [-0.25, -0.2) is 0 Å². The van der Waals surface area contributed by atoms with Gasteiger partial charge < -0.3 is 4.90 Å². The Hall–Kier alpha value is -1.91. The van der Waals surface area contributed by atoms with Gasteiger partial charge in [0.2, 0.25) is 0 Å². The van der Waals surface area contributed by atoms with E-state index in [1.165, 1.54) is 24.1 Å². The zero-order chi connectivity index (χ0) is 13.1. The number of aryl methyl sites for hydroxylation is 1. The van der Waals surface area contributed by atoms with E-state index in [1.54, 1.807) is 6.20 Å². The van der Waals surface area contributed by atoms with Crippen LogP contribution in [0.1, 0.15) is 18.4 Å². The summed E-state index contributed by atoms with van der Waals surface area (Å²) in [5, 5.41) is 7.93. The van der Waals surface area contributed by atoms with Crippen LogP contribution in [0.3, 0.4) is 0 Å². The Labute approximate surface area is 113 Å². The molecular formula is C14H19N5. The van der Waals surface area contributed by atoms with Crippen LogP contribution in [0.15, 0.2) is 30.9 Å². The highest BCUT2D eigenvalue weighted by Gasteiger charge is 2.21. The molecule has 0 saturated carbocycles. The van der Waals surface area contributed by atoms with Crippen molar-refractivity contribution in [3.63, 3.8) is 0 Å². The molecule has 1 saturated heterocycles. The highest BCUT2D eigenvalue weighted by atomic mass is 15.4. The van der Waals surface area contributed by atoms with Crippen LogP contribution in [0.5, 0.6) is 0 Å². The Morgan fingerprint density at radius 2 is 2.32 bits per heavy atom. The molecule has 3 heterocycles. The van der Waals surface area contributed by atoms with Gasteiger partial charge in [-0.3, -0.25) is 9.67 Å². The highest BCUT2D eigenvalue weighted by molar-refractivity contribution is 5.51. The molecule has 1 aliphatic rings. The van der Waals surface area contributed by atoms with Crippen LogP contribution < -0.4 is 4.90 Å². The fourth-order valence-corrected chi connectivity index (χ4v) is 2.85. The summed E-state index contributed by atoms with van der Waals surface area (Å²) in [6.45, 7) is 5.31. The second-order valence-corrected chi connectivity index (χ2v) is 5.24. The summed E-state index contributed by atoms with van der Waals surface area (Å²) in [4.78, 5) is 6.64. The first-order valence-corrected chi connectivity index (χ1v) is 6.82. The summed E-state index contributed by atoms with van der Waals surface area (Å²) in [7, 11) is 0. The third-order valence-corrected chi connectivity index (χ3v) is 3.77. The fraction of sp³-hybridized carbons (Fsp3) is 0.500. The monoisotopic (exact) mass is 257 g/mol. The van der Waals surface area contributed by atoms with Crippen molar-refractivity contribution in [1.29, 1.82) is 0 Å². The van der Waals surface area contributed by atoms with Crippen molar-refractivity contribution in [3.8, 4) is 0 Å². The Morgan fingerprint density at radius 3 is 3.11 bits per heavy atom. The molecule has 2 aromatic rings. The first-order chi connectivity index (χ1) is 9.33. The minimum atomic E-state index is 0.642. The molecule has 0 aliphatic carbocycles. The summed E-state index contributed by atoms with van der Waals surface area (Å²) < 4.78 is 1.94. The molecular weight excluding hydrogens is 238 g/mol. The average Bonchev–Trinajstić information content (AvgIpc) is 2.92. The number of aromatic nitrogens is 4. The van der Waals surface area contributed by atoms with Crippen molar-refractivity contribution in [1.82, 2.24) is 20.0 Å². The number of hydrogen-bond donors (Lipinski definition) is 0. The van der Waals surface area contributed by atoms with Crippen LogP contribution in [0.25, 0.3) is 0 Å². The summed E-state index contributed by atoms with van der Waals surface area (Å²) in [6.07, 6.45) is 10.0. The van der Waals surface area contributed by atoms with Crippen molar-refractivity contribution in [2.24, 2.45) is 5.92 Å². The maximum atomic E-state index is 4.17. The van der Waals surface area contributed by atoms with Crippen molar-refractivity contribution in [2.75, 3.05) is 18.0 Å². The molecule has 1 atom stereocenters. The molecule has 0 radical (unpaired) electrons. The van der Waals surface area contributed by atoms with E-state index in [4.69, 9.17) is 0 Å². The molecule has 1 fully saturated rings. The van der Waals surface area contributed by atoms with E-state index in [0.717, 1.165) is 19.6 Å². The van der Waals surface area contributed by atoms with Gasteiger partial charge in [0, 0.05) is 43.9 Å². The summed E-state index contributed by atoms with van der Waals surface area (Å²) in [5.74, 6) is 0.642. The Morgan fingerprint density at radius 1 is 1.37 bits per heavy atom. The summed E-state index contributed by atoms with van der Waals surface area (Å²) in [6, 6.07) is 2.12. The van der Waals surface area contributed by atoms with Gasteiger partial charge in [-0.2, -0.15) is 0 Å². The molecule has 100 valence electrons. The molecule has 1 aliphatic heterocycles. The maximum absolute atomic E-state index is 4.17. The fourth-order valence-electron chi connectivity index (χ4n) is 2.85. The number of anilines is 1. The van der Waals surface area contributed by atoms with Crippen molar-refractivity contribution < 1.29 is 0 Å². The number of rotatable bonds is 3. The largest absolute Gasteiger partial charge is 0.371 e. The predicted molar refractivity (Wildman–Crippen MR) is 73.9 cm³/mol. The first kappa shape index (κ1) is 12.1.